The molecule has 0 spiro atoms. The van der Waals surface area contributed by atoms with E-state index in [2.05, 4.69) is 20.6 Å². The van der Waals surface area contributed by atoms with Crippen molar-refractivity contribution in [2.45, 2.75) is 13.0 Å². The van der Waals surface area contributed by atoms with E-state index in [4.69, 9.17) is 0 Å². The van der Waals surface area contributed by atoms with E-state index in [9.17, 15) is 18.9 Å². The van der Waals surface area contributed by atoms with Crippen molar-refractivity contribution in [1.29, 1.82) is 0 Å². The monoisotopic (exact) mass is 371 g/mol. The zero-order chi connectivity index (χ0) is 19.4. The van der Waals surface area contributed by atoms with Crippen molar-refractivity contribution < 1.29 is 13.7 Å². The Bertz CT molecular complexity index is 969. The topological polar surface area (TPSA) is 93.0 Å². The predicted octanol–water partition coefficient (Wildman–Crippen LogP) is 4.58. The summed E-state index contributed by atoms with van der Waals surface area (Å²) in [6, 6.07) is 11.8. The summed E-state index contributed by atoms with van der Waals surface area (Å²) in [7, 11) is 0. The fourth-order valence-corrected chi connectivity index (χ4v) is 2.50. The minimum absolute atomic E-state index is 0.0364. The van der Waals surface area contributed by atoms with E-state index >= 15 is 0 Å². The van der Waals surface area contributed by atoms with E-state index in [1.807, 2.05) is 37.3 Å². The number of aromatic nitrogens is 2. The smallest absolute Gasteiger partial charge is 0.353 e. The highest BCUT2D eigenvalue weighted by atomic mass is 19.1. The molecule has 3 aromatic rings. The lowest BCUT2D eigenvalue weighted by atomic mass is 10.1. The van der Waals surface area contributed by atoms with Crippen LogP contribution in [0.5, 0.6) is 0 Å². The second kappa shape index (κ2) is 7.73. The van der Waals surface area contributed by atoms with Crippen LogP contribution in [0.25, 0.3) is 0 Å². The Labute approximate surface area is 153 Å². The number of benzene rings is 2. The van der Waals surface area contributed by atoms with Gasteiger partial charge in [0, 0.05) is 6.07 Å². The first-order valence-corrected chi connectivity index (χ1v) is 7.98. The van der Waals surface area contributed by atoms with Crippen molar-refractivity contribution >= 4 is 23.0 Å². The van der Waals surface area contributed by atoms with Crippen molar-refractivity contribution in [2.75, 3.05) is 10.6 Å². The van der Waals surface area contributed by atoms with Gasteiger partial charge in [0.05, 0.1) is 16.7 Å². The number of rotatable bonds is 6. The second-order valence-electron chi connectivity index (χ2n) is 5.70. The van der Waals surface area contributed by atoms with Crippen molar-refractivity contribution in [1.82, 2.24) is 9.97 Å². The van der Waals surface area contributed by atoms with Gasteiger partial charge in [-0.25, -0.2) is 18.7 Å². The van der Waals surface area contributed by atoms with Gasteiger partial charge in [-0.3, -0.25) is 10.1 Å². The number of nitrogens with zero attached hydrogens (tertiary/aromatic N) is 3. The molecule has 2 N–H and O–H groups in total. The Balaban J connectivity index is 1.95. The summed E-state index contributed by atoms with van der Waals surface area (Å²) in [6.45, 7) is 1.82. The third-order valence-electron chi connectivity index (χ3n) is 3.84. The normalized spacial score (nSPS) is 11.7. The van der Waals surface area contributed by atoms with Crippen molar-refractivity contribution in [2.24, 2.45) is 0 Å². The molecule has 7 nitrogen and oxygen atoms in total. The quantitative estimate of drug-likeness (QED) is 0.487. The predicted molar refractivity (Wildman–Crippen MR) is 96.8 cm³/mol. The van der Waals surface area contributed by atoms with Gasteiger partial charge in [-0.2, -0.15) is 0 Å². The van der Waals surface area contributed by atoms with Gasteiger partial charge in [-0.15, -0.1) is 0 Å². The Hall–Kier alpha value is -3.62. The molecule has 0 amide bonds. The van der Waals surface area contributed by atoms with E-state index in [0.29, 0.717) is 0 Å². The molecule has 0 aliphatic carbocycles. The summed E-state index contributed by atoms with van der Waals surface area (Å²) in [5.41, 5.74) is 0.166. The highest BCUT2D eigenvalue weighted by Gasteiger charge is 2.25. The van der Waals surface area contributed by atoms with Crippen molar-refractivity contribution in [3.05, 3.63) is 82.2 Å². The molecule has 1 atom stereocenters. The summed E-state index contributed by atoms with van der Waals surface area (Å²) in [4.78, 5) is 18.6. The molecular weight excluding hydrogens is 356 g/mol. The average molecular weight is 371 g/mol. The highest BCUT2D eigenvalue weighted by Crippen LogP contribution is 2.33. The molecule has 0 bridgehead atoms. The molecular formula is C18H15F2N5O2. The number of nitrogens with one attached hydrogen (secondary N) is 2. The lowest BCUT2D eigenvalue weighted by Crippen LogP contribution is -2.12. The minimum atomic E-state index is -0.767. The Morgan fingerprint density at radius 2 is 1.78 bits per heavy atom. The first kappa shape index (κ1) is 18.2. The fraction of sp³-hybridized carbons (Fsp3) is 0.111. The molecule has 3 rings (SSSR count). The molecule has 1 aromatic heterocycles. The van der Waals surface area contributed by atoms with Crippen LogP contribution in [0.4, 0.5) is 31.8 Å². The van der Waals surface area contributed by atoms with Crippen LogP contribution in [0.3, 0.4) is 0 Å². The molecule has 1 unspecified atom stereocenters. The van der Waals surface area contributed by atoms with Gasteiger partial charge < -0.3 is 10.6 Å². The Morgan fingerprint density at radius 1 is 1.07 bits per heavy atom. The summed E-state index contributed by atoms with van der Waals surface area (Å²) in [5.74, 6) is -1.74. The maximum absolute atomic E-state index is 13.9. The molecule has 27 heavy (non-hydrogen) atoms. The molecule has 1 heterocycles. The van der Waals surface area contributed by atoms with Crippen molar-refractivity contribution in [3.63, 3.8) is 0 Å². The van der Waals surface area contributed by atoms with Crippen LogP contribution in [-0.4, -0.2) is 14.9 Å². The molecule has 0 fully saturated rings. The SMILES string of the molecule is CC(Nc1ncnc(Nc2cc(F)ccc2F)c1[N+](=O)[O-])c1ccccc1. The zero-order valence-electron chi connectivity index (χ0n) is 14.2. The number of hydrogen-bond acceptors (Lipinski definition) is 6. The van der Waals surface area contributed by atoms with Crippen LogP contribution in [0.1, 0.15) is 18.5 Å². The fourth-order valence-electron chi connectivity index (χ4n) is 2.50. The first-order valence-electron chi connectivity index (χ1n) is 7.98. The summed E-state index contributed by atoms with van der Waals surface area (Å²) in [6.07, 6.45) is 1.10. The molecule has 0 saturated heterocycles. The summed E-state index contributed by atoms with van der Waals surface area (Å²) in [5, 5.41) is 17.0. The Kier molecular flexibility index (Phi) is 5.20. The van der Waals surface area contributed by atoms with Gasteiger partial charge in [0.15, 0.2) is 0 Å². The van der Waals surface area contributed by atoms with Gasteiger partial charge in [0.2, 0.25) is 11.6 Å². The molecule has 138 valence electrons. The van der Waals surface area contributed by atoms with E-state index < -0.39 is 22.2 Å². The number of anilines is 3. The van der Waals surface area contributed by atoms with Gasteiger partial charge in [0.25, 0.3) is 0 Å². The van der Waals surface area contributed by atoms with Crippen LogP contribution in [-0.2, 0) is 0 Å². The van der Waals surface area contributed by atoms with Crippen LogP contribution in [0.2, 0.25) is 0 Å². The highest BCUT2D eigenvalue weighted by molar-refractivity contribution is 5.74. The third-order valence-corrected chi connectivity index (χ3v) is 3.84. The van der Waals surface area contributed by atoms with E-state index in [-0.39, 0.29) is 23.4 Å². The lowest BCUT2D eigenvalue weighted by Gasteiger charge is -2.16. The maximum atomic E-state index is 13.9. The first-order chi connectivity index (χ1) is 13.0. The number of nitro groups is 1. The zero-order valence-corrected chi connectivity index (χ0v) is 14.2. The van der Waals surface area contributed by atoms with Crippen LogP contribution >= 0.6 is 0 Å². The molecule has 2 aromatic carbocycles. The van der Waals surface area contributed by atoms with E-state index in [1.165, 1.54) is 0 Å². The second-order valence-corrected chi connectivity index (χ2v) is 5.70. The summed E-state index contributed by atoms with van der Waals surface area (Å²) < 4.78 is 27.2. The van der Waals surface area contributed by atoms with E-state index in [1.54, 1.807) is 0 Å². The molecule has 0 aliphatic rings. The number of halogens is 2. The van der Waals surface area contributed by atoms with Gasteiger partial charge in [0.1, 0.15) is 18.0 Å². The largest absolute Gasteiger partial charge is 0.358 e. The molecule has 0 saturated carbocycles. The van der Waals surface area contributed by atoms with Crippen molar-refractivity contribution in [3.8, 4) is 0 Å². The summed E-state index contributed by atoms with van der Waals surface area (Å²) >= 11 is 0. The van der Waals surface area contributed by atoms with Crippen LogP contribution in [0.15, 0.2) is 54.9 Å². The van der Waals surface area contributed by atoms with Gasteiger partial charge in [-0.1, -0.05) is 30.3 Å². The van der Waals surface area contributed by atoms with Crippen LogP contribution < -0.4 is 10.6 Å². The van der Waals surface area contributed by atoms with Gasteiger partial charge in [-0.05, 0) is 24.6 Å². The third kappa shape index (κ3) is 4.14. The van der Waals surface area contributed by atoms with E-state index in [0.717, 1.165) is 30.1 Å². The number of hydrogen-bond donors (Lipinski definition) is 2. The standard InChI is InChI=1S/C18H15F2N5O2/c1-11(12-5-3-2-4-6-12)23-17-16(25(26)27)18(22-10-21-17)24-15-9-13(19)7-8-14(15)20/h2-11H,1H3,(H2,21,22,23,24). The maximum Gasteiger partial charge on any atom is 0.353 e. The minimum Gasteiger partial charge on any atom is -0.358 e. The Morgan fingerprint density at radius 3 is 2.48 bits per heavy atom. The lowest BCUT2D eigenvalue weighted by molar-refractivity contribution is -0.383. The molecule has 9 heteroatoms. The average Bonchev–Trinajstić information content (AvgIpc) is 2.65. The van der Waals surface area contributed by atoms with Gasteiger partial charge >= 0.3 is 5.69 Å². The molecule has 0 radical (unpaired) electrons. The molecule has 0 aliphatic heterocycles. The van der Waals surface area contributed by atoms with Crippen LogP contribution in [0, 0.1) is 21.7 Å².